The molecular formula is C17H26. The average Bonchev–Trinajstić information content (AvgIpc) is 2.26. The lowest BCUT2D eigenvalue weighted by atomic mass is 9.66. The topological polar surface area (TPSA) is 0 Å². The Labute approximate surface area is 107 Å². The molecule has 1 aromatic carbocycles. The molecule has 94 valence electrons. The predicted octanol–water partition coefficient (Wildman–Crippen LogP) is 5.42. The summed E-state index contributed by atoms with van der Waals surface area (Å²) in [4.78, 5) is 0. The first kappa shape index (κ1) is 14.0. The van der Waals surface area contributed by atoms with Crippen LogP contribution in [0.3, 0.4) is 0 Å². The molecule has 1 rings (SSSR count). The SMILES string of the molecule is C=C(C)CC(c1ccccc1)C(C)(C)C(C)C. The van der Waals surface area contributed by atoms with E-state index in [0.29, 0.717) is 17.3 Å². The van der Waals surface area contributed by atoms with Crippen molar-refractivity contribution in [1.29, 1.82) is 0 Å². The van der Waals surface area contributed by atoms with Gasteiger partial charge < -0.3 is 0 Å². The van der Waals surface area contributed by atoms with Crippen LogP contribution in [0, 0.1) is 11.3 Å². The highest BCUT2D eigenvalue weighted by Gasteiger charge is 2.33. The molecule has 1 atom stereocenters. The molecule has 0 nitrogen and oxygen atoms in total. The maximum absolute atomic E-state index is 4.09. The number of benzene rings is 1. The minimum Gasteiger partial charge on any atom is -0.100 e. The summed E-state index contributed by atoms with van der Waals surface area (Å²) in [6.07, 6.45) is 1.08. The van der Waals surface area contributed by atoms with Crippen LogP contribution in [-0.2, 0) is 0 Å². The lowest BCUT2D eigenvalue weighted by Gasteiger charge is -2.39. The molecule has 0 aliphatic heterocycles. The summed E-state index contributed by atoms with van der Waals surface area (Å²) in [6, 6.07) is 10.9. The summed E-state index contributed by atoms with van der Waals surface area (Å²) in [5.41, 5.74) is 3.00. The van der Waals surface area contributed by atoms with Crippen LogP contribution in [0.1, 0.15) is 52.5 Å². The van der Waals surface area contributed by atoms with E-state index in [1.165, 1.54) is 11.1 Å². The number of hydrogen-bond acceptors (Lipinski definition) is 0. The molecule has 0 spiro atoms. The van der Waals surface area contributed by atoms with Crippen LogP contribution in [0.2, 0.25) is 0 Å². The van der Waals surface area contributed by atoms with Crippen molar-refractivity contribution in [3.05, 3.63) is 48.0 Å². The molecule has 0 radical (unpaired) electrons. The molecule has 0 heterocycles. The van der Waals surface area contributed by atoms with Gasteiger partial charge in [-0.2, -0.15) is 0 Å². The second kappa shape index (κ2) is 5.53. The Morgan fingerprint density at radius 3 is 2.12 bits per heavy atom. The lowest BCUT2D eigenvalue weighted by Crippen LogP contribution is -2.28. The van der Waals surface area contributed by atoms with Crippen LogP contribution in [0.15, 0.2) is 42.5 Å². The predicted molar refractivity (Wildman–Crippen MR) is 77.2 cm³/mol. The zero-order valence-electron chi connectivity index (χ0n) is 12.0. The fourth-order valence-corrected chi connectivity index (χ4v) is 2.25. The molecule has 0 N–H and O–H groups in total. The van der Waals surface area contributed by atoms with E-state index in [2.05, 4.69) is 71.5 Å². The van der Waals surface area contributed by atoms with Gasteiger partial charge in [0.1, 0.15) is 0 Å². The molecule has 0 heteroatoms. The number of allylic oxidation sites excluding steroid dienone is 1. The maximum Gasteiger partial charge on any atom is -0.00712 e. The van der Waals surface area contributed by atoms with E-state index in [4.69, 9.17) is 0 Å². The Balaban J connectivity index is 3.09. The monoisotopic (exact) mass is 230 g/mol. The first-order valence-electron chi connectivity index (χ1n) is 6.55. The van der Waals surface area contributed by atoms with Crippen molar-refractivity contribution in [3.8, 4) is 0 Å². The summed E-state index contributed by atoms with van der Waals surface area (Å²) >= 11 is 0. The van der Waals surface area contributed by atoms with Gasteiger partial charge in [-0.05, 0) is 36.2 Å². The van der Waals surface area contributed by atoms with Gasteiger partial charge in [0.25, 0.3) is 0 Å². The Kier molecular flexibility index (Phi) is 4.56. The van der Waals surface area contributed by atoms with Crippen molar-refractivity contribution in [2.45, 2.75) is 47.0 Å². The smallest absolute Gasteiger partial charge is 0.00712 e. The molecule has 0 fully saturated rings. The van der Waals surface area contributed by atoms with E-state index in [-0.39, 0.29) is 0 Å². The third-order valence-electron chi connectivity index (χ3n) is 4.14. The van der Waals surface area contributed by atoms with Crippen LogP contribution in [0.25, 0.3) is 0 Å². The Morgan fingerprint density at radius 2 is 1.71 bits per heavy atom. The Morgan fingerprint density at radius 1 is 1.18 bits per heavy atom. The standard InChI is InChI=1S/C17H26/c1-13(2)12-16(17(5,6)14(3)4)15-10-8-7-9-11-15/h7-11,14,16H,1,12H2,2-6H3. The van der Waals surface area contributed by atoms with Crippen LogP contribution >= 0.6 is 0 Å². The van der Waals surface area contributed by atoms with E-state index in [0.717, 1.165) is 6.42 Å². The molecule has 0 aliphatic carbocycles. The van der Waals surface area contributed by atoms with Crippen molar-refractivity contribution in [2.24, 2.45) is 11.3 Å². The van der Waals surface area contributed by atoms with Gasteiger partial charge in [-0.15, -0.1) is 6.58 Å². The fraction of sp³-hybridized carbons (Fsp3) is 0.529. The summed E-state index contributed by atoms with van der Waals surface area (Å²) in [5.74, 6) is 1.22. The van der Waals surface area contributed by atoms with Gasteiger partial charge in [0.2, 0.25) is 0 Å². The Hall–Kier alpha value is -1.04. The third kappa shape index (κ3) is 3.46. The van der Waals surface area contributed by atoms with Gasteiger partial charge in [0.05, 0.1) is 0 Å². The van der Waals surface area contributed by atoms with Gasteiger partial charge in [-0.25, -0.2) is 0 Å². The van der Waals surface area contributed by atoms with Crippen LogP contribution < -0.4 is 0 Å². The molecule has 1 unspecified atom stereocenters. The Bertz CT molecular complexity index is 357. The largest absolute Gasteiger partial charge is 0.100 e. The minimum absolute atomic E-state index is 0.292. The van der Waals surface area contributed by atoms with E-state index in [1.807, 2.05) is 0 Å². The molecular weight excluding hydrogens is 204 g/mol. The average molecular weight is 230 g/mol. The van der Waals surface area contributed by atoms with Gasteiger partial charge in [0, 0.05) is 0 Å². The first-order chi connectivity index (χ1) is 7.85. The summed E-state index contributed by atoms with van der Waals surface area (Å²) < 4.78 is 0. The zero-order valence-corrected chi connectivity index (χ0v) is 12.0. The molecule has 17 heavy (non-hydrogen) atoms. The van der Waals surface area contributed by atoms with Gasteiger partial charge >= 0.3 is 0 Å². The molecule has 1 aromatic rings. The highest BCUT2D eigenvalue weighted by molar-refractivity contribution is 5.23. The lowest BCUT2D eigenvalue weighted by molar-refractivity contribution is 0.191. The number of rotatable bonds is 5. The van der Waals surface area contributed by atoms with Crippen LogP contribution in [0.5, 0.6) is 0 Å². The molecule has 0 aliphatic rings. The summed E-state index contributed by atoms with van der Waals surface area (Å²) in [7, 11) is 0. The zero-order chi connectivity index (χ0) is 13.1. The van der Waals surface area contributed by atoms with Gasteiger partial charge in [-0.3, -0.25) is 0 Å². The fourth-order valence-electron chi connectivity index (χ4n) is 2.25. The van der Waals surface area contributed by atoms with Crippen LogP contribution in [0.4, 0.5) is 0 Å². The second-order valence-corrected chi connectivity index (χ2v) is 6.10. The van der Waals surface area contributed by atoms with Gasteiger partial charge in [-0.1, -0.05) is 63.6 Å². The quantitative estimate of drug-likeness (QED) is 0.593. The third-order valence-corrected chi connectivity index (χ3v) is 4.14. The molecule has 0 amide bonds. The van der Waals surface area contributed by atoms with Crippen molar-refractivity contribution < 1.29 is 0 Å². The molecule has 0 saturated heterocycles. The van der Waals surface area contributed by atoms with E-state index >= 15 is 0 Å². The van der Waals surface area contributed by atoms with E-state index in [9.17, 15) is 0 Å². The van der Waals surface area contributed by atoms with E-state index < -0.39 is 0 Å². The highest BCUT2D eigenvalue weighted by atomic mass is 14.4. The molecule has 0 aromatic heterocycles. The maximum atomic E-state index is 4.09. The van der Waals surface area contributed by atoms with Crippen molar-refractivity contribution in [2.75, 3.05) is 0 Å². The summed E-state index contributed by atoms with van der Waals surface area (Å²) in [5, 5.41) is 0. The molecule has 0 bridgehead atoms. The van der Waals surface area contributed by atoms with Crippen LogP contribution in [-0.4, -0.2) is 0 Å². The van der Waals surface area contributed by atoms with E-state index in [1.54, 1.807) is 0 Å². The highest BCUT2D eigenvalue weighted by Crippen LogP contribution is 2.44. The summed E-state index contributed by atoms with van der Waals surface area (Å²) in [6.45, 7) is 15.6. The van der Waals surface area contributed by atoms with Gasteiger partial charge in [0.15, 0.2) is 0 Å². The van der Waals surface area contributed by atoms with Crippen molar-refractivity contribution >= 4 is 0 Å². The first-order valence-corrected chi connectivity index (χ1v) is 6.55. The van der Waals surface area contributed by atoms with Crippen molar-refractivity contribution in [3.63, 3.8) is 0 Å². The number of hydrogen-bond donors (Lipinski definition) is 0. The molecule has 0 saturated carbocycles. The normalized spacial score (nSPS) is 13.8. The minimum atomic E-state index is 0.292. The van der Waals surface area contributed by atoms with Crippen molar-refractivity contribution in [1.82, 2.24) is 0 Å². The second-order valence-electron chi connectivity index (χ2n) is 6.10.